The van der Waals surface area contributed by atoms with E-state index in [-0.39, 0.29) is 0 Å². The van der Waals surface area contributed by atoms with E-state index in [4.69, 9.17) is 0 Å². The second-order valence-electron chi connectivity index (χ2n) is 12.7. The van der Waals surface area contributed by atoms with Crippen molar-refractivity contribution in [2.75, 3.05) is 0 Å². The highest BCUT2D eigenvalue weighted by molar-refractivity contribution is 4.84. The SMILES string of the molecule is CCCCCCCCCCCCCCCCCCn1cc[n+](CCCC)c1CCCCCCCCCCCC. The first-order valence-electron chi connectivity index (χ1n) is 18.4. The van der Waals surface area contributed by atoms with Gasteiger partial charge < -0.3 is 0 Å². The molecule has 1 rings (SSSR count). The van der Waals surface area contributed by atoms with Crippen molar-refractivity contribution in [3.63, 3.8) is 0 Å². The van der Waals surface area contributed by atoms with Crippen molar-refractivity contribution in [2.24, 2.45) is 0 Å². The summed E-state index contributed by atoms with van der Waals surface area (Å²) in [4.78, 5) is 0. The van der Waals surface area contributed by atoms with Crippen LogP contribution in [0.2, 0.25) is 0 Å². The Labute approximate surface area is 247 Å². The van der Waals surface area contributed by atoms with Gasteiger partial charge in [-0.1, -0.05) is 175 Å². The van der Waals surface area contributed by atoms with Gasteiger partial charge in [0.25, 0.3) is 5.82 Å². The van der Waals surface area contributed by atoms with E-state index < -0.39 is 0 Å². The van der Waals surface area contributed by atoms with Crippen LogP contribution < -0.4 is 4.57 Å². The summed E-state index contributed by atoms with van der Waals surface area (Å²) in [5.41, 5.74) is 0. The molecule has 0 saturated heterocycles. The predicted molar refractivity (Wildman–Crippen MR) is 175 cm³/mol. The van der Waals surface area contributed by atoms with E-state index in [1.807, 2.05) is 0 Å². The van der Waals surface area contributed by atoms with Crippen LogP contribution in [0.25, 0.3) is 0 Å². The molecular weight excluding hydrogens is 472 g/mol. The third kappa shape index (κ3) is 21.6. The summed E-state index contributed by atoms with van der Waals surface area (Å²) >= 11 is 0. The first kappa shape index (κ1) is 36.2. The second kappa shape index (κ2) is 28.7. The Morgan fingerprint density at radius 2 is 0.795 bits per heavy atom. The van der Waals surface area contributed by atoms with Crippen molar-refractivity contribution in [2.45, 2.75) is 220 Å². The van der Waals surface area contributed by atoms with Crippen molar-refractivity contribution in [1.82, 2.24) is 4.57 Å². The van der Waals surface area contributed by atoms with Gasteiger partial charge in [0.1, 0.15) is 12.4 Å². The number of rotatable bonds is 31. The number of aromatic nitrogens is 2. The molecule has 1 heterocycles. The lowest BCUT2D eigenvalue weighted by Gasteiger charge is -2.07. The summed E-state index contributed by atoms with van der Waals surface area (Å²) < 4.78 is 5.18. The molecule has 0 aliphatic heterocycles. The molecule has 2 heteroatoms. The number of imidazole rings is 1. The minimum absolute atomic E-state index is 1.20. The second-order valence-corrected chi connectivity index (χ2v) is 12.7. The molecule has 0 saturated carbocycles. The zero-order valence-corrected chi connectivity index (χ0v) is 27.5. The highest BCUT2D eigenvalue weighted by Crippen LogP contribution is 2.15. The Morgan fingerprint density at radius 3 is 1.21 bits per heavy atom. The van der Waals surface area contributed by atoms with Gasteiger partial charge in [-0.3, -0.25) is 0 Å². The van der Waals surface area contributed by atoms with Crippen LogP contribution in [0, 0.1) is 0 Å². The van der Waals surface area contributed by atoms with Gasteiger partial charge in [-0.25, -0.2) is 9.13 Å². The Morgan fingerprint density at radius 1 is 0.436 bits per heavy atom. The van der Waals surface area contributed by atoms with E-state index in [1.165, 1.54) is 199 Å². The minimum atomic E-state index is 1.20. The van der Waals surface area contributed by atoms with Crippen LogP contribution in [0.15, 0.2) is 12.4 Å². The van der Waals surface area contributed by atoms with Crippen molar-refractivity contribution in [1.29, 1.82) is 0 Å². The van der Waals surface area contributed by atoms with E-state index in [9.17, 15) is 0 Å². The predicted octanol–water partition coefficient (Wildman–Crippen LogP) is 12.3. The average molecular weight is 546 g/mol. The molecule has 230 valence electrons. The van der Waals surface area contributed by atoms with Crippen LogP contribution in [-0.4, -0.2) is 4.57 Å². The Kier molecular flexibility index (Phi) is 26.7. The molecule has 0 amide bonds. The van der Waals surface area contributed by atoms with Gasteiger partial charge in [0.2, 0.25) is 0 Å². The molecule has 0 fully saturated rings. The first-order valence-corrected chi connectivity index (χ1v) is 18.4. The van der Waals surface area contributed by atoms with Gasteiger partial charge in [0.05, 0.1) is 13.1 Å². The number of hydrogen-bond donors (Lipinski definition) is 0. The molecule has 0 aliphatic rings. The van der Waals surface area contributed by atoms with Gasteiger partial charge >= 0.3 is 0 Å². The van der Waals surface area contributed by atoms with E-state index >= 15 is 0 Å². The summed E-state index contributed by atoms with van der Waals surface area (Å²) in [5.74, 6) is 1.60. The lowest BCUT2D eigenvalue weighted by atomic mass is 10.0. The average Bonchev–Trinajstić information content (AvgIpc) is 3.33. The van der Waals surface area contributed by atoms with Crippen molar-refractivity contribution < 1.29 is 4.57 Å². The van der Waals surface area contributed by atoms with E-state index in [2.05, 4.69) is 42.3 Å². The van der Waals surface area contributed by atoms with E-state index in [0.717, 1.165) is 0 Å². The fourth-order valence-corrected chi connectivity index (χ4v) is 6.12. The maximum absolute atomic E-state index is 2.60. The quantitative estimate of drug-likeness (QED) is 0.0648. The third-order valence-corrected chi connectivity index (χ3v) is 8.85. The van der Waals surface area contributed by atoms with Crippen LogP contribution in [-0.2, 0) is 19.5 Å². The summed E-state index contributed by atoms with van der Waals surface area (Å²) in [5, 5.41) is 0. The minimum Gasteiger partial charge on any atom is -0.234 e. The Bertz CT molecular complexity index is 605. The summed E-state index contributed by atoms with van der Waals surface area (Å²) in [6.45, 7) is 9.36. The largest absolute Gasteiger partial charge is 0.256 e. The maximum Gasteiger partial charge on any atom is 0.256 e. The summed E-state index contributed by atoms with van der Waals surface area (Å²) in [6, 6.07) is 0. The first-order chi connectivity index (χ1) is 19.3. The fourth-order valence-electron chi connectivity index (χ4n) is 6.12. The topological polar surface area (TPSA) is 8.81 Å². The van der Waals surface area contributed by atoms with Crippen LogP contribution in [0.3, 0.4) is 0 Å². The van der Waals surface area contributed by atoms with Gasteiger partial charge in [-0.05, 0) is 25.7 Å². The molecule has 2 nitrogen and oxygen atoms in total. The monoisotopic (exact) mass is 546 g/mol. The summed E-state index contributed by atoms with van der Waals surface area (Å²) in [6.07, 6.45) is 46.0. The van der Waals surface area contributed by atoms with Crippen molar-refractivity contribution >= 4 is 0 Å². The van der Waals surface area contributed by atoms with Crippen molar-refractivity contribution in [3.05, 3.63) is 18.2 Å². The molecular formula is C37H73N2+. The molecule has 0 spiro atoms. The number of unbranched alkanes of at least 4 members (excludes halogenated alkanes) is 25. The molecule has 1 aromatic rings. The van der Waals surface area contributed by atoms with E-state index in [0.29, 0.717) is 0 Å². The van der Waals surface area contributed by atoms with Gasteiger partial charge in [0.15, 0.2) is 0 Å². The highest BCUT2D eigenvalue weighted by atomic mass is 15.1. The molecule has 0 atom stereocenters. The number of aryl methyl sites for hydroxylation is 2. The zero-order chi connectivity index (χ0) is 28.1. The smallest absolute Gasteiger partial charge is 0.234 e. The molecule has 0 aliphatic carbocycles. The Balaban J connectivity index is 2.09. The molecule has 1 aromatic heterocycles. The third-order valence-electron chi connectivity index (χ3n) is 8.85. The molecule has 0 bridgehead atoms. The van der Waals surface area contributed by atoms with Crippen LogP contribution >= 0.6 is 0 Å². The lowest BCUT2D eigenvalue weighted by molar-refractivity contribution is -0.704. The molecule has 39 heavy (non-hydrogen) atoms. The normalized spacial score (nSPS) is 11.6. The summed E-state index contributed by atoms with van der Waals surface area (Å²) in [7, 11) is 0. The molecule has 0 radical (unpaired) electrons. The molecule has 0 N–H and O–H groups in total. The molecule has 0 aromatic carbocycles. The van der Waals surface area contributed by atoms with Crippen LogP contribution in [0.1, 0.15) is 206 Å². The van der Waals surface area contributed by atoms with Crippen LogP contribution in [0.4, 0.5) is 0 Å². The standard InChI is InChI=1S/C37H73N2/c1-4-7-10-12-14-16-18-19-20-21-22-23-25-27-29-31-34-39-36-35-38(33-9-6-3)37(39)32-30-28-26-24-17-15-13-11-8-5-2/h35-36H,4-34H2,1-3H3/q+1. The lowest BCUT2D eigenvalue weighted by Crippen LogP contribution is -2.37. The number of nitrogens with zero attached hydrogens (tertiary/aromatic N) is 2. The van der Waals surface area contributed by atoms with Gasteiger partial charge in [0, 0.05) is 6.42 Å². The van der Waals surface area contributed by atoms with Gasteiger partial charge in [-0.15, -0.1) is 0 Å². The fraction of sp³-hybridized carbons (Fsp3) is 0.919. The van der Waals surface area contributed by atoms with E-state index in [1.54, 1.807) is 5.82 Å². The van der Waals surface area contributed by atoms with Gasteiger partial charge in [-0.2, -0.15) is 0 Å². The Hall–Kier alpha value is -0.790. The zero-order valence-electron chi connectivity index (χ0n) is 27.5. The highest BCUT2D eigenvalue weighted by Gasteiger charge is 2.16. The number of hydrogen-bond acceptors (Lipinski definition) is 0. The van der Waals surface area contributed by atoms with Crippen LogP contribution in [0.5, 0.6) is 0 Å². The maximum atomic E-state index is 2.60. The molecule has 0 unspecified atom stereocenters. The van der Waals surface area contributed by atoms with Crippen molar-refractivity contribution in [3.8, 4) is 0 Å².